The van der Waals surface area contributed by atoms with Crippen LogP contribution in [-0.2, 0) is 0 Å². The maximum absolute atomic E-state index is 11.9. The van der Waals surface area contributed by atoms with Gasteiger partial charge in [-0.05, 0) is 50.3 Å². The molecule has 0 unspecified atom stereocenters. The second kappa shape index (κ2) is 6.28. The zero-order valence-electron chi connectivity index (χ0n) is 10.3. The Morgan fingerprint density at radius 2 is 2.53 bits per heavy atom. The van der Waals surface area contributed by atoms with Crippen LogP contribution in [0, 0.1) is 5.92 Å². The van der Waals surface area contributed by atoms with Gasteiger partial charge >= 0.3 is 0 Å². The number of piperidine rings is 1. The second-order valence-corrected chi connectivity index (χ2v) is 5.76. The van der Waals surface area contributed by atoms with Crippen molar-refractivity contribution in [1.82, 2.24) is 10.2 Å². The molecule has 1 atom stereocenters. The molecule has 1 aliphatic rings. The smallest absolute Gasteiger partial charge is 0.186 e. The minimum Gasteiger partial charge on any atom is -0.316 e. The molecule has 0 saturated carbocycles. The van der Waals surface area contributed by atoms with Crippen LogP contribution in [0.25, 0.3) is 0 Å². The van der Waals surface area contributed by atoms with Crippen molar-refractivity contribution in [3.8, 4) is 0 Å². The molecule has 3 nitrogen and oxygen atoms in total. The maximum atomic E-state index is 11.9. The van der Waals surface area contributed by atoms with Gasteiger partial charge in [-0.15, -0.1) is 11.3 Å². The van der Waals surface area contributed by atoms with Gasteiger partial charge in [-0.1, -0.05) is 6.07 Å². The van der Waals surface area contributed by atoms with E-state index in [2.05, 4.69) is 10.2 Å². The number of carbonyl (C=O) groups excluding carboxylic acids is 1. The Morgan fingerprint density at radius 3 is 3.18 bits per heavy atom. The monoisotopic (exact) mass is 252 g/mol. The average Bonchev–Trinajstić information content (AvgIpc) is 2.83. The molecular weight excluding hydrogens is 232 g/mol. The largest absolute Gasteiger partial charge is 0.316 e. The summed E-state index contributed by atoms with van der Waals surface area (Å²) in [5.74, 6) is 0.941. The summed E-state index contributed by atoms with van der Waals surface area (Å²) in [5.41, 5.74) is 0. The molecule has 0 spiro atoms. The molecule has 2 heterocycles. The first-order chi connectivity index (χ1) is 8.25. The first-order valence-corrected chi connectivity index (χ1v) is 7.09. The normalized spacial score (nSPS) is 20.7. The zero-order valence-corrected chi connectivity index (χ0v) is 11.1. The Hall–Kier alpha value is -0.710. The summed E-state index contributed by atoms with van der Waals surface area (Å²) in [6, 6.07) is 3.84. The van der Waals surface area contributed by atoms with Crippen molar-refractivity contribution in [3.63, 3.8) is 0 Å². The van der Waals surface area contributed by atoms with Crippen molar-refractivity contribution in [2.75, 3.05) is 33.2 Å². The van der Waals surface area contributed by atoms with E-state index in [1.807, 2.05) is 24.6 Å². The summed E-state index contributed by atoms with van der Waals surface area (Å²) < 4.78 is 0. The Kier molecular flexibility index (Phi) is 4.71. The molecule has 4 heteroatoms. The van der Waals surface area contributed by atoms with E-state index in [1.54, 1.807) is 0 Å². The Morgan fingerprint density at radius 1 is 1.65 bits per heavy atom. The van der Waals surface area contributed by atoms with Gasteiger partial charge in [-0.25, -0.2) is 0 Å². The van der Waals surface area contributed by atoms with E-state index in [-0.39, 0.29) is 5.78 Å². The number of nitrogens with one attached hydrogen (secondary N) is 1. The molecule has 0 aliphatic carbocycles. The van der Waals surface area contributed by atoms with Crippen molar-refractivity contribution in [2.45, 2.75) is 12.8 Å². The Bertz CT molecular complexity index is 344. The quantitative estimate of drug-likeness (QED) is 0.812. The van der Waals surface area contributed by atoms with Crippen LogP contribution in [0.2, 0.25) is 0 Å². The highest BCUT2D eigenvalue weighted by Crippen LogP contribution is 2.13. The lowest BCUT2D eigenvalue weighted by Gasteiger charge is -2.27. The van der Waals surface area contributed by atoms with Crippen LogP contribution in [-0.4, -0.2) is 43.9 Å². The fraction of sp³-hybridized carbons (Fsp3) is 0.615. The molecule has 1 aromatic rings. The highest BCUT2D eigenvalue weighted by molar-refractivity contribution is 7.12. The fourth-order valence-corrected chi connectivity index (χ4v) is 3.00. The molecule has 94 valence electrons. The van der Waals surface area contributed by atoms with E-state index in [0.29, 0.717) is 12.5 Å². The molecule has 1 saturated heterocycles. The summed E-state index contributed by atoms with van der Waals surface area (Å²) in [6.45, 7) is 3.80. The Balaban J connectivity index is 1.76. The number of ketones is 1. The van der Waals surface area contributed by atoms with Gasteiger partial charge in [-0.3, -0.25) is 9.69 Å². The summed E-state index contributed by atoms with van der Waals surface area (Å²) in [4.78, 5) is 14.9. The molecular formula is C13H20N2OS. The van der Waals surface area contributed by atoms with Gasteiger partial charge in [0.25, 0.3) is 0 Å². The first-order valence-electron chi connectivity index (χ1n) is 6.21. The van der Waals surface area contributed by atoms with E-state index in [1.165, 1.54) is 24.2 Å². The molecule has 0 amide bonds. The number of likely N-dealkylation sites (N-methyl/N-ethyl adjacent to an activating group) is 1. The van der Waals surface area contributed by atoms with Crippen LogP contribution in [0.1, 0.15) is 22.5 Å². The van der Waals surface area contributed by atoms with E-state index in [9.17, 15) is 4.79 Å². The minimum atomic E-state index is 0.242. The molecule has 17 heavy (non-hydrogen) atoms. The lowest BCUT2D eigenvalue weighted by Crippen LogP contribution is -2.38. The third kappa shape index (κ3) is 3.91. The molecule has 0 bridgehead atoms. The molecule has 2 rings (SSSR count). The number of nitrogens with zero attached hydrogens (tertiary/aromatic N) is 1. The van der Waals surface area contributed by atoms with Crippen LogP contribution < -0.4 is 5.32 Å². The van der Waals surface area contributed by atoms with Gasteiger partial charge in [-0.2, -0.15) is 0 Å². The number of Topliss-reactive ketones (excluding diaryl/α,β-unsaturated/α-hetero) is 1. The van der Waals surface area contributed by atoms with Crippen LogP contribution in [0.4, 0.5) is 0 Å². The maximum Gasteiger partial charge on any atom is 0.186 e. The van der Waals surface area contributed by atoms with Crippen molar-refractivity contribution >= 4 is 17.1 Å². The SMILES string of the molecule is CN(CC(=O)c1cccs1)C[C@@H]1CCCNC1. The summed E-state index contributed by atoms with van der Waals surface area (Å²) >= 11 is 1.53. The van der Waals surface area contributed by atoms with Gasteiger partial charge in [0, 0.05) is 6.54 Å². The Labute approximate surface area is 107 Å². The van der Waals surface area contributed by atoms with Crippen LogP contribution in [0.15, 0.2) is 17.5 Å². The first kappa shape index (κ1) is 12.7. The van der Waals surface area contributed by atoms with Crippen molar-refractivity contribution < 1.29 is 4.79 Å². The zero-order chi connectivity index (χ0) is 12.1. The minimum absolute atomic E-state index is 0.242. The summed E-state index contributed by atoms with van der Waals surface area (Å²) in [7, 11) is 2.04. The van der Waals surface area contributed by atoms with Gasteiger partial charge in [0.1, 0.15) is 0 Å². The third-order valence-corrected chi connectivity index (χ3v) is 4.09. The predicted molar refractivity (Wildman–Crippen MR) is 71.7 cm³/mol. The number of carbonyl (C=O) groups is 1. The van der Waals surface area contributed by atoms with Crippen molar-refractivity contribution in [3.05, 3.63) is 22.4 Å². The second-order valence-electron chi connectivity index (χ2n) is 4.81. The van der Waals surface area contributed by atoms with E-state index < -0.39 is 0 Å². The fourth-order valence-electron chi connectivity index (χ4n) is 2.35. The number of hydrogen-bond acceptors (Lipinski definition) is 4. The highest BCUT2D eigenvalue weighted by Gasteiger charge is 2.17. The number of rotatable bonds is 5. The number of hydrogen-bond donors (Lipinski definition) is 1. The van der Waals surface area contributed by atoms with E-state index >= 15 is 0 Å². The predicted octanol–water partition coefficient (Wildman–Crippen LogP) is 1.86. The summed E-state index contributed by atoms with van der Waals surface area (Å²) in [5, 5.41) is 5.37. The number of thiophene rings is 1. The van der Waals surface area contributed by atoms with Crippen LogP contribution >= 0.6 is 11.3 Å². The standard InChI is InChI=1S/C13H20N2OS/c1-15(9-11-4-2-6-14-8-11)10-12(16)13-5-3-7-17-13/h3,5,7,11,14H,2,4,6,8-10H2,1H3/t11-/m1/s1. The topological polar surface area (TPSA) is 32.3 Å². The molecule has 0 radical (unpaired) electrons. The average molecular weight is 252 g/mol. The molecule has 1 aromatic heterocycles. The van der Waals surface area contributed by atoms with Crippen LogP contribution in [0.5, 0.6) is 0 Å². The molecule has 0 aromatic carbocycles. The molecule has 1 aliphatic heterocycles. The van der Waals surface area contributed by atoms with Crippen molar-refractivity contribution in [1.29, 1.82) is 0 Å². The van der Waals surface area contributed by atoms with E-state index in [4.69, 9.17) is 0 Å². The lowest BCUT2D eigenvalue weighted by atomic mass is 9.99. The molecule has 1 N–H and O–H groups in total. The lowest BCUT2D eigenvalue weighted by molar-refractivity contribution is 0.0938. The van der Waals surface area contributed by atoms with Gasteiger partial charge < -0.3 is 5.32 Å². The van der Waals surface area contributed by atoms with Gasteiger partial charge in [0.15, 0.2) is 5.78 Å². The molecule has 1 fully saturated rings. The highest BCUT2D eigenvalue weighted by atomic mass is 32.1. The summed E-state index contributed by atoms with van der Waals surface area (Å²) in [6.07, 6.45) is 2.54. The van der Waals surface area contributed by atoms with Crippen LogP contribution in [0.3, 0.4) is 0 Å². The third-order valence-electron chi connectivity index (χ3n) is 3.18. The van der Waals surface area contributed by atoms with Gasteiger partial charge in [0.05, 0.1) is 11.4 Å². The van der Waals surface area contributed by atoms with Gasteiger partial charge in [0.2, 0.25) is 0 Å². The van der Waals surface area contributed by atoms with Crippen molar-refractivity contribution in [2.24, 2.45) is 5.92 Å². The van der Waals surface area contributed by atoms with E-state index in [0.717, 1.165) is 24.5 Å².